The SMILES string of the molecule is CCCNC(=O)Oc1cnc(N)c2c(COc3cccc(C(=O)Nc4ccc(Cl)cc4)c3)csc12. The number of benzene rings is 2. The number of nitrogens with zero attached hydrogens (tertiary/aromatic N) is 1. The lowest BCUT2D eigenvalue weighted by atomic mass is 10.2. The van der Waals surface area contributed by atoms with Crippen molar-refractivity contribution < 1.29 is 19.1 Å². The molecule has 10 heteroatoms. The standard InChI is InChI=1S/C25H23ClN4O4S/c1-2-10-28-25(32)34-20-12-29-23(27)21-16(14-35-22(20)21)13-33-19-5-3-4-15(11-19)24(31)30-18-8-6-17(26)7-9-18/h3-9,11-12,14H,2,10,13H2,1H3,(H2,27,29)(H,28,32)(H,30,31). The average molecular weight is 511 g/mol. The molecule has 0 aliphatic carbocycles. The van der Waals surface area contributed by atoms with Crippen molar-refractivity contribution in [3.8, 4) is 11.5 Å². The van der Waals surface area contributed by atoms with Crippen LogP contribution in [0.1, 0.15) is 29.3 Å². The maximum absolute atomic E-state index is 12.6. The van der Waals surface area contributed by atoms with E-state index in [4.69, 9.17) is 26.8 Å². The van der Waals surface area contributed by atoms with Crippen molar-refractivity contribution in [2.45, 2.75) is 20.0 Å². The number of pyridine rings is 1. The molecule has 35 heavy (non-hydrogen) atoms. The van der Waals surface area contributed by atoms with Crippen LogP contribution in [0.25, 0.3) is 10.1 Å². The number of nitrogens with one attached hydrogen (secondary N) is 2. The van der Waals surface area contributed by atoms with E-state index in [0.717, 1.165) is 12.0 Å². The summed E-state index contributed by atoms with van der Waals surface area (Å²) in [5.41, 5.74) is 8.00. The summed E-state index contributed by atoms with van der Waals surface area (Å²) < 4.78 is 12.1. The predicted molar refractivity (Wildman–Crippen MR) is 139 cm³/mol. The van der Waals surface area contributed by atoms with E-state index in [1.165, 1.54) is 17.5 Å². The van der Waals surface area contributed by atoms with Crippen LogP contribution in [0.3, 0.4) is 0 Å². The minimum atomic E-state index is -0.542. The first-order valence-corrected chi connectivity index (χ1v) is 12.1. The Morgan fingerprint density at radius 2 is 1.97 bits per heavy atom. The lowest BCUT2D eigenvalue weighted by Crippen LogP contribution is -2.27. The van der Waals surface area contributed by atoms with Gasteiger partial charge >= 0.3 is 6.09 Å². The van der Waals surface area contributed by atoms with Crippen LogP contribution in [0.4, 0.5) is 16.3 Å². The molecule has 0 spiro atoms. The van der Waals surface area contributed by atoms with Crippen LogP contribution < -0.4 is 25.8 Å². The molecule has 0 fully saturated rings. The molecule has 8 nitrogen and oxygen atoms in total. The maximum Gasteiger partial charge on any atom is 0.412 e. The summed E-state index contributed by atoms with van der Waals surface area (Å²) in [6, 6.07) is 13.7. The molecule has 0 radical (unpaired) electrons. The molecule has 0 saturated carbocycles. The van der Waals surface area contributed by atoms with Crippen LogP contribution in [0.5, 0.6) is 11.5 Å². The largest absolute Gasteiger partial charge is 0.489 e. The number of hydrogen-bond acceptors (Lipinski definition) is 7. The third kappa shape index (κ3) is 6.00. The summed E-state index contributed by atoms with van der Waals surface area (Å²) in [5, 5.41) is 8.64. The van der Waals surface area contributed by atoms with Crippen molar-refractivity contribution in [1.82, 2.24) is 10.3 Å². The molecular weight excluding hydrogens is 488 g/mol. The minimum Gasteiger partial charge on any atom is -0.489 e. The number of hydrogen-bond donors (Lipinski definition) is 3. The van der Waals surface area contributed by atoms with E-state index in [9.17, 15) is 9.59 Å². The van der Waals surface area contributed by atoms with Crippen LogP contribution >= 0.6 is 22.9 Å². The first-order valence-electron chi connectivity index (χ1n) is 10.8. The zero-order valence-electron chi connectivity index (χ0n) is 18.8. The molecule has 2 amide bonds. The van der Waals surface area contributed by atoms with Crippen molar-refractivity contribution >= 4 is 56.5 Å². The number of nitrogen functional groups attached to an aromatic ring is 1. The molecule has 0 unspecified atom stereocenters. The second-order valence-electron chi connectivity index (χ2n) is 7.57. The fourth-order valence-electron chi connectivity index (χ4n) is 3.27. The first kappa shape index (κ1) is 24.3. The number of aromatic nitrogens is 1. The molecule has 0 aliphatic rings. The van der Waals surface area contributed by atoms with E-state index in [-0.39, 0.29) is 12.5 Å². The minimum absolute atomic E-state index is 0.194. The molecular formula is C25H23ClN4O4S. The van der Waals surface area contributed by atoms with Crippen LogP contribution in [-0.2, 0) is 6.61 Å². The lowest BCUT2D eigenvalue weighted by Gasteiger charge is -2.10. The summed E-state index contributed by atoms with van der Waals surface area (Å²) in [4.78, 5) is 28.8. The molecule has 0 saturated heterocycles. The van der Waals surface area contributed by atoms with Gasteiger partial charge in [-0.3, -0.25) is 4.79 Å². The van der Waals surface area contributed by atoms with Crippen molar-refractivity contribution in [2.75, 3.05) is 17.6 Å². The van der Waals surface area contributed by atoms with Gasteiger partial charge in [0.1, 0.15) is 18.2 Å². The van der Waals surface area contributed by atoms with Gasteiger partial charge in [0.15, 0.2) is 5.75 Å². The number of ether oxygens (including phenoxy) is 2. The Labute approximate surface area is 211 Å². The van der Waals surface area contributed by atoms with Gasteiger partial charge in [-0.1, -0.05) is 24.6 Å². The number of fused-ring (bicyclic) bond motifs is 1. The number of thiophene rings is 1. The number of carbonyl (C=O) groups is 2. The molecule has 4 aromatic rings. The third-order valence-electron chi connectivity index (χ3n) is 4.98. The van der Waals surface area contributed by atoms with Crippen molar-refractivity contribution in [3.63, 3.8) is 0 Å². The quantitative estimate of drug-likeness (QED) is 0.273. The zero-order chi connectivity index (χ0) is 24.8. The van der Waals surface area contributed by atoms with Crippen LogP contribution in [0.2, 0.25) is 5.02 Å². The molecule has 2 aromatic heterocycles. The zero-order valence-corrected chi connectivity index (χ0v) is 20.4. The lowest BCUT2D eigenvalue weighted by molar-refractivity contribution is 0.102. The van der Waals surface area contributed by atoms with Gasteiger partial charge in [0.2, 0.25) is 0 Å². The van der Waals surface area contributed by atoms with Gasteiger partial charge in [0, 0.05) is 33.8 Å². The normalized spacial score (nSPS) is 10.7. The Bertz CT molecular complexity index is 1360. The molecule has 2 aromatic carbocycles. The molecule has 4 N–H and O–H groups in total. The average Bonchev–Trinajstić information content (AvgIpc) is 3.30. The second-order valence-corrected chi connectivity index (χ2v) is 8.88. The summed E-state index contributed by atoms with van der Waals surface area (Å²) in [7, 11) is 0. The number of nitrogens with two attached hydrogens (primary N) is 1. The highest BCUT2D eigenvalue weighted by atomic mass is 35.5. The van der Waals surface area contributed by atoms with E-state index >= 15 is 0 Å². The van der Waals surface area contributed by atoms with Crippen LogP contribution in [0.15, 0.2) is 60.1 Å². The maximum atomic E-state index is 12.6. The predicted octanol–water partition coefficient (Wildman–Crippen LogP) is 5.86. The summed E-state index contributed by atoms with van der Waals surface area (Å²) in [6.07, 6.45) is 1.70. The van der Waals surface area contributed by atoms with Gasteiger partial charge in [-0.15, -0.1) is 11.3 Å². The number of halogens is 1. The topological polar surface area (TPSA) is 116 Å². The van der Waals surface area contributed by atoms with Gasteiger partial charge in [-0.2, -0.15) is 0 Å². The Morgan fingerprint density at radius 1 is 1.17 bits per heavy atom. The van der Waals surface area contributed by atoms with E-state index in [2.05, 4.69) is 15.6 Å². The van der Waals surface area contributed by atoms with Crippen molar-refractivity contribution in [3.05, 3.63) is 76.3 Å². The highest BCUT2D eigenvalue weighted by Crippen LogP contribution is 2.37. The number of amides is 2. The van der Waals surface area contributed by atoms with Gasteiger partial charge in [0.25, 0.3) is 5.91 Å². The van der Waals surface area contributed by atoms with Crippen molar-refractivity contribution in [1.29, 1.82) is 0 Å². The summed E-state index contributed by atoms with van der Waals surface area (Å²) >= 11 is 7.28. The van der Waals surface area contributed by atoms with E-state index in [1.807, 2.05) is 12.3 Å². The van der Waals surface area contributed by atoms with Gasteiger partial charge in [-0.25, -0.2) is 9.78 Å². The fraction of sp³-hybridized carbons (Fsp3) is 0.160. The molecule has 4 rings (SSSR count). The Kier molecular flexibility index (Phi) is 7.69. The third-order valence-corrected chi connectivity index (χ3v) is 6.28. The second kappa shape index (κ2) is 11.1. The number of carbonyl (C=O) groups excluding carboxylic acids is 2. The van der Waals surface area contributed by atoms with Crippen LogP contribution in [0, 0.1) is 0 Å². The summed E-state index contributed by atoms with van der Waals surface area (Å²) in [5.74, 6) is 0.901. The molecule has 0 bridgehead atoms. The molecule has 0 atom stereocenters. The highest BCUT2D eigenvalue weighted by molar-refractivity contribution is 7.17. The highest BCUT2D eigenvalue weighted by Gasteiger charge is 2.16. The van der Waals surface area contributed by atoms with E-state index in [0.29, 0.717) is 50.2 Å². The van der Waals surface area contributed by atoms with Gasteiger partial charge in [-0.05, 0) is 54.3 Å². The molecule has 180 valence electrons. The molecule has 2 heterocycles. The Balaban J connectivity index is 1.46. The molecule has 0 aliphatic heterocycles. The first-order chi connectivity index (χ1) is 16.9. The number of anilines is 2. The van der Waals surface area contributed by atoms with Gasteiger partial charge < -0.3 is 25.8 Å². The Hall–Kier alpha value is -3.82. The smallest absolute Gasteiger partial charge is 0.412 e. The van der Waals surface area contributed by atoms with Crippen molar-refractivity contribution in [2.24, 2.45) is 0 Å². The van der Waals surface area contributed by atoms with E-state index < -0.39 is 6.09 Å². The van der Waals surface area contributed by atoms with Gasteiger partial charge in [0.05, 0.1) is 10.9 Å². The number of rotatable bonds is 8. The van der Waals surface area contributed by atoms with Crippen LogP contribution in [-0.4, -0.2) is 23.5 Å². The monoisotopic (exact) mass is 510 g/mol. The fourth-order valence-corrected chi connectivity index (χ4v) is 4.41. The summed E-state index contributed by atoms with van der Waals surface area (Å²) in [6.45, 7) is 2.67. The van der Waals surface area contributed by atoms with E-state index in [1.54, 1.807) is 48.5 Å². The Morgan fingerprint density at radius 3 is 2.74 bits per heavy atom.